The van der Waals surface area contributed by atoms with Crippen molar-refractivity contribution in [2.24, 2.45) is 10.9 Å². The SMILES string of the molecule is CN=C(NCC1(c2cccc(OC)c2)CCCC1)N1CCC(CC(=O)NC)CC1.I. The summed E-state index contributed by atoms with van der Waals surface area (Å²) in [6, 6.07) is 8.55. The third kappa shape index (κ3) is 6.02. The molecule has 0 atom stereocenters. The van der Waals surface area contributed by atoms with Crippen molar-refractivity contribution in [2.45, 2.75) is 50.4 Å². The first-order chi connectivity index (χ1) is 14.1. The fraction of sp³-hybridized carbons (Fsp3) is 0.652. The zero-order chi connectivity index (χ0) is 20.7. The first-order valence-electron chi connectivity index (χ1n) is 10.9. The average molecular weight is 528 g/mol. The largest absolute Gasteiger partial charge is 0.497 e. The molecule has 0 aromatic heterocycles. The van der Waals surface area contributed by atoms with Gasteiger partial charge in [0.2, 0.25) is 5.91 Å². The molecule has 0 unspecified atom stereocenters. The molecular formula is C23H37IN4O2. The molecule has 30 heavy (non-hydrogen) atoms. The van der Waals surface area contributed by atoms with Crippen LogP contribution in [-0.2, 0) is 10.2 Å². The number of amides is 1. The summed E-state index contributed by atoms with van der Waals surface area (Å²) in [5.41, 5.74) is 1.50. The number of carbonyl (C=O) groups is 1. The Kier molecular flexibility index (Phi) is 9.71. The molecule has 0 spiro atoms. The molecule has 2 N–H and O–H groups in total. The van der Waals surface area contributed by atoms with Crippen molar-refractivity contribution in [1.82, 2.24) is 15.5 Å². The van der Waals surface area contributed by atoms with E-state index in [1.165, 1.54) is 31.2 Å². The van der Waals surface area contributed by atoms with Gasteiger partial charge < -0.3 is 20.3 Å². The van der Waals surface area contributed by atoms with Gasteiger partial charge in [-0.3, -0.25) is 9.79 Å². The van der Waals surface area contributed by atoms with E-state index in [0.29, 0.717) is 12.3 Å². The number of hydrogen-bond acceptors (Lipinski definition) is 3. The monoisotopic (exact) mass is 528 g/mol. The molecule has 1 aromatic carbocycles. The molecular weight excluding hydrogens is 491 g/mol. The molecule has 168 valence electrons. The molecule has 0 radical (unpaired) electrons. The molecule has 1 saturated carbocycles. The van der Waals surface area contributed by atoms with Gasteiger partial charge in [-0.2, -0.15) is 0 Å². The number of nitrogens with zero attached hydrogens (tertiary/aromatic N) is 2. The molecule has 1 amide bonds. The van der Waals surface area contributed by atoms with Crippen LogP contribution in [0.2, 0.25) is 0 Å². The maximum Gasteiger partial charge on any atom is 0.220 e. The standard InChI is InChI=1S/C23H36N4O2.HI/c1-24-21(28)15-18-9-13-27(14-10-18)22(25-2)26-17-23(11-4-5-12-23)19-7-6-8-20(16-19)29-3;/h6-8,16,18H,4-5,9-15,17H2,1-3H3,(H,24,28)(H,25,26);1H. The summed E-state index contributed by atoms with van der Waals surface area (Å²) in [4.78, 5) is 18.5. The first kappa shape index (κ1) is 24.8. The molecule has 1 heterocycles. The molecule has 1 aliphatic carbocycles. The van der Waals surface area contributed by atoms with Crippen molar-refractivity contribution >= 4 is 35.8 Å². The molecule has 7 heteroatoms. The van der Waals surface area contributed by atoms with Crippen LogP contribution in [0, 0.1) is 5.92 Å². The van der Waals surface area contributed by atoms with Crippen molar-refractivity contribution in [3.8, 4) is 5.75 Å². The maximum absolute atomic E-state index is 11.6. The van der Waals surface area contributed by atoms with E-state index >= 15 is 0 Å². The molecule has 2 aliphatic rings. The van der Waals surface area contributed by atoms with Gasteiger partial charge in [-0.15, -0.1) is 24.0 Å². The fourth-order valence-corrected chi connectivity index (χ4v) is 4.87. The van der Waals surface area contributed by atoms with Crippen LogP contribution in [0.15, 0.2) is 29.3 Å². The predicted molar refractivity (Wildman–Crippen MR) is 133 cm³/mol. The number of likely N-dealkylation sites (tertiary alicyclic amines) is 1. The van der Waals surface area contributed by atoms with Crippen LogP contribution < -0.4 is 15.4 Å². The van der Waals surface area contributed by atoms with Crippen molar-refractivity contribution in [1.29, 1.82) is 0 Å². The zero-order valence-electron chi connectivity index (χ0n) is 18.6. The summed E-state index contributed by atoms with van der Waals surface area (Å²) in [5, 5.41) is 6.42. The van der Waals surface area contributed by atoms with Gasteiger partial charge in [0.1, 0.15) is 5.75 Å². The van der Waals surface area contributed by atoms with Crippen LogP contribution in [-0.4, -0.2) is 57.6 Å². The van der Waals surface area contributed by atoms with Gasteiger partial charge in [0.05, 0.1) is 7.11 Å². The third-order valence-corrected chi connectivity index (χ3v) is 6.71. The number of aliphatic imine (C=N–C) groups is 1. The lowest BCUT2D eigenvalue weighted by Gasteiger charge is -2.36. The van der Waals surface area contributed by atoms with E-state index < -0.39 is 0 Å². The Labute approximate surface area is 198 Å². The third-order valence-electron chi connectivity index (χ3n) is 6.71. The normalized spacial score (nSPS) is 19.2. The summed E-state index contributed by atoms with van der Waals surface area (Å²) < 4.78 is 5.47. The second-order valence-electron chi connectivity index (χ2n) is 8.43. The van der Waals surface area contributed by atoms with E-state index in [1.807, 2.05) is 13.1 Å². The highest BCUT2D eigenvalue weighted by molar-refractivity contribution is 14.0. The molecule has 2 fully saturated rings. The van der Waals surface area contributed by atoms with Gasteiger partial charge >= 0.3 is 0 Å². The van der Waals surface area contributed by atoms with E-state index in [1.54, 1.807) is 14.2 Å². The highest BCUT2D eigenvalue weighted by Crippen LogP contribution is 2.41. The summed E-state index contributed by atoms with van der Waals surface area (Å²) in [5.74, 6) is 2.53. The molecule has 6 nitrogen and oxygen atoms in total. The van der Waals surface area contributed by atoms with Gasteiger partial charge in [-0.1, -0.05) is 25.0 Å². The number of halogens is 1. The number of nitrogens with one attached hydrogen (secondary N) is 2. The average Bonchev–Trinajstić information content (AvgIpc) is 3.25. The summed E-state index contributed by atoms with van der Waals surface area (Å²) >= 11 is 0. The second-order valence-corrected chi connectivity index (χ2v) is 8.43. The Morgan fingerprint density at radius 3 is 2.57 bits per heavy atom. The number of rotatable bonds is 6. The number of guanidine groups is 1. The molecule has 1 saturated heterocycles. The number of ether oxygens (including phenoxy) is 1. The predicted octanol–water partition coefficient (Wildman–Crippen LogP) is 3.55. The lowest BCUT2D eigenvalue weighted by molar-refractivity contribution is -0.121. The topological polar surface area (TPSA) is 66.0 Å². The highest BCUT2D eigenvalue weighted by atomic mass is 127. The van der Waals surface area contributed by atoms with Crippen LogP contribution >= 0.6 is 24.0 Å². The molecule has 1 aliphatic heterocycles. The Hall–Kier alpha value is -1.51. The molecule has 3 rings (SSSR count). The van der Waals surface area contributed by atoms with Gasteiger partial charge in [0.15, 0.2) is 5.96 Å². The van der Waals surface area contributed by atoms with E-state index in [0.717, 1.165) is 44.2 Å². The lowest BCUT2D eigenvalue weighted by atomic mass is 9.78. The van der Waals surface area contributed by atoms with Gasteiger partial charge in [-0.25, -0.2) is 0 Å². The minimum Gasteiger partial charge on any atom is -0.497 e. The summed E-state index contributed by atoms with van der Waals surface area (Å²) in [6.45, 7) is 2.80. The minimum absolute atomic E-state index is 0. The van der Waals surface area contributed by atoms with E-state index in [9.17, 15) is 4.79 Å². The highest BCUT2D eigenvalue weighted by Gasteiger charge is 2.36. The quantitative estimate of drug-likeness (QED) is 0.337. The van der Waals surface area contributed by atoms with Crippen molar-refractivity contribution in [2.75, 3.05) is 40.8 Å². The lowest BCUT2D eigenvalue weighted by Crippen LogP contribution is -2.49. The van der Waals surface area contributed by atoms with Crippen molar-refractivity contribution < 1.29 is 9.53 Å². The van der Waals surface area contributed by atoms with Crippen LogP contribution in [0.25, 0.3) is 0 Å². The zero-order valence-corrected chi connectivity index (χ0v) is 20.9. The Bertz CT molecular complexity index is 711. The van der Waals surface area contributed by atoms with Crippen LogP contribution in [0.3, 0.4) is 0 Å². The summed E-state index contributed by atoms with van der Waals surface area (Å²) in [6.07, 6.45) is 7.63. The molecule has 1 aromatic rings. The number of methoxy groups -OCH3 is 1. The summed E-state index contributed by atoms with van der Waals surface area (Å²) in [7, 11) is 5.31. The number of benzene rings is 1. The number of piperidine rings is 1. The maximum atomic E-state index is 11.6. The van der Waals surface area contributed by atoms with Gasteiger partial charge in [0.25, 0.3) is 0 Å². The molecule has 0 bridgehead atoms. The van der Waals surface area contributed by atoms with E-state index in [-0.39, 0.29) is 35.3 Å². The van der Waals surface area contributed by atoms with Crippen molar-refractivity contribution in [3.63, 3.8) is 0 Å². The van der Waals surface area contributed by atoms with E-state index in [2.05, 4.69) is 38.7 Å². The van der Waals surface area contributed by atoms with Gasteiger partial charge in [-0.05, 0) is 49.3 Å². The number of hydrogen-bond donors (Lipinski definition) is 2. The first-order valence-corrected chi connectivity index (χ1v) is 10.9. The van der Waals surface area contributed by atoms with Crippen LogP contribution in [0.5, 0.6) is 5.75 Å². The smallest absolute Gasteiger partial charge is 0.220 e. The Morgan fingerprint density at radius 1 is 1.27 bits per heavy atom. The van der Waals surface area contributed by atoms with Crippen LogP contribution in [0.4, 0.5) is 0 Å². The Morgan fingerprint density at radius 2 is 1.97 bits per heavy atom. The van der Waals surface area contributed by atoms with Crippen molar-refractivity contribution in [3.05, 3.63) is 29.8 Å². The Balaban J connectivity index is 0.00000320. The minimum atomic E-state index is 0. The van der Waals surface area contributed by atoms with Gasteiger partial charge in [0, 0.05) is 45.6 Å². The number of carbonyl (C=O) groups excluding carboxylic acids is 1. The second kappa shape index (κ2) is 11.8. The fourth-order valence-electron chi connectivity index (χ4n) is 4.87. The van der Waals surface area contributed by atoms with E-state index in [4.69, 9.17) is 4.74 Å². The van der Waals surface area contributed by atoms with Crippen LogP contribution in [0.1, 0.15) is 50.5 Å².